The van der Waals surface area contributed by atoms with E-state index < -0.39 is 5.97 Å². The van der Waals surface area contributed by atoms with E-state index in [-0.39, 0.29) is 30.4 Å². The number of anilines is 1. The topological polar surface area (TPSA) is 103 Å². The van der Waals surface area contributed by atoms with Crippen molar-refractivity contribution in [2.45, 2.75) is 18.6 Å². The van der Waals surface area contributed by atoms with Crippen LogP contribution in [0.4, 0.5) is 5.69 Å². The number of aromatic nitrogens is 2. The number of carbonyl (C=O) groups is 2. The summed E-state index contributed by atoms with van der Waals surface area (Å²) in [6.07, 6.45) is 1.54. The first-order valence-electron chi connectivity index (χ1n) is 9.76. The van der Waals surface area contributed by atoms with E-state index in [1.165, 1.54) is 22.2 Å². The Morgan fingerprint density at radius 3 is 2.84 bits per heavy atom. The minimum atomic E-state index is -0.478. The summed E-state index contributed by atoms with van der Waals surface area (Å²) in [5, 5.41) is 5.33. The molecule has 0 aliphatic heterocycles. The van der Waals surface area contributed by atoms with Crippen LogP contribution >= 0.6 is 23.1 Å². The summed E-state index contributed by atoms with van der Waals surface area (Å²) >= 11 is 2.34. The van der Waals surface area contributed by atoms with Gasteiger partial charge in [0.2, 0.25) is 5.91 Å². The highest BCUT2D eigenvalue weighted by atomic mass is 32.2. The Morgan fingerprint density at radius 1 is 1.22 bits per heavy atom. The van der Waals surface area contributed by atoms with Gasteiger partial charge in [-0.15, -0.1) is 11.3 Å². The molecule has 164 valence electrons. The van der Waals surface area contributed by atoms with E-state index in [4.69, 9.17) is 9.15 Å². The van der Waals surface area contributed by atoms with E-state index in [9.17, 15) is 14.4 Å². The summed E-state index contributed by atoms with van der Waals surface area (Å²) < 4.78 is 11.9. The van der Waals surface area contributed by atoms with Crippen LogP contribution in [0.1, 0.15) is 22.4 Å². The molecule has 0 aliphatic carbocycles. The van der Waals surface area contributed by atoms with Crippen molar-refractivity contribution in [3.63, 3.8) is 0 Å². The normalized spacial score (nSPS) is 10.9. The summed E-state index contributed by atoms with van der Waals surface area (Å²) in [5.74, 6) is -0.200. The fourth-order valence-electron chi connectivity index (χ4n) is 3.03. The van der Waals surface area contributed by atoms with E-state index in [0.717, 1.165) is 11.8 Å². The van der Waals surface area contributed by atoms with E-state index >= 15 is 0 Å². The second-order valence-corrected chi connectivity index (χ2v) is 8.46. The molecular weight excluding hydrogens is 450 g/mol. The van der Waals surface area contributed by atoms with Crippen molar-refractivity contribution in [3.05, 3.63) is 75.1 Å². The van der Waals surface area contributed by atoms with Gasteiger partial charge in [0.15, 0.2) is 5.16 Å². The molecule has 8 nitrogen and oxygen atoms in total. The maximum absolute atomic E-state index is 13.1. The van der Waals surface area contributed by atoms with Crippen LogP contribution in [0.25, 0.3) is 10.9 Å². The fourth-order valence-corrected chi connectivity index (χ4v) is 4.57. The Balaban J connectivity index is 1.55. The van der Waals surface area contributed by atoms with Crippen LogP contribution in [0.5, 0.6) is 0 Å². The summed E-state index contributed by atoms with van der Waals surface area (Å²) in [7, 11) is 0. The van der Waals surface area contributed by atoms with Crippen LogP contribution in [-0.2, 0) is 16.1 Å². The van der Waals surface area contributed by atoms with Gasteiger partial charge < -0.3 is 14.5 Å². The number of furan rings is 1. The molecular formula is C22H19N3O5S2. The minimum Gasteiger partial charge on any atom is -0.467 e. The van der Waals surface area contributed by atoms with Gasteiger partial charge in [0.05, 0.1) is 41.8 Å². The highest BCUT2D eigenvalue weighted by Crippen LogP contribution is 2.24. The third-order valence-electron chi connectivity index (χ3n) is 4.45. The van der Waals surface area contributed by atoms with Crippen LogP contribution in [0.3, 0.4) is 0 Å². The molecule has 0 spiro atoms. The van der Waals surface area contributed by atoms with Crippen LogP contribution in [0, 0.1) is 0 Å². The molecule has 0 atom stereocenters. The van der Waals surface area contributed by atoms with Gasteiger partial charge in [-0.25, -0.2) is 9.78 Å². The van der Waals surface area contributed by atoms with Crippen molar-refractivity contribution in [1.82, 2.24) is 9.55 Å². The lowest BCUT2D eigenvalue weighted by molar-refractivity contribution is -0.113. The van der Waals surface area contributed by atoms with Gasteiger partial charge in [-0.05, 0) is 42.6 Å². The number of benzene rings is 1. The fraction of sp³-hybridized carbons (Fsp3) is 0.182. The van der Waals surface area contributed by atoms with E-state index in [2.05, 4.69) is 10.3 Å². The zero-order valence-corrected chi connectivity index (χ0v) is 18.7. The summed E-state index contributed by atoms with van der Waals surface area (Å²) in [6, 6.07) is 12.2. The van der Waals surface area contributed by atoms with Crippen LogP contribution in [0.15, 0.2) is 68.5 Å². The van der Waals surface area contributed by atoms with Crippen molar-refractivity contribution < 1.29 is 18.7 Å². The van der Waals surface area contributed by atoms with Gasteiger partial charge in [-0.1, -0.05) is 23.9 Å². The molecule has 3 heterocycles. The molecule has 32 heavy (non-hydrogen) atoms. The zero-order chi connectivity index (χ0) is 22.5. The molecule has 4 rings (SSSR count). The number of nitrogens with zero attached hydrogens (tertiary/aromatic N) is 2. The van der Waals surface area contributed by atoms with E-state index in [0.29, 0.717) is 32.4 Å². The quantitative estimate of drug-likeness (QED) is 0.236. The smallest absolute Gasteiger partial charge is 0.350 e. The van der Waals surface area contributed by atoms with Crippen LogP contribution < -0.4 is 10.9 Å². The average Bonchev–Trinajstić information content (AvgIpc) is 3.47. The molecule has 0 saturated carbocycles. The Labute approximate surface area is 191 Å². The maximum atomic E-state index is 13.1. The maximum Gasteiger partial charge on any atom is 0.350 e. The largest absolute Gasteiger partial charge is 0.467 e. The number of carbonyl (C=O) groups excluding carboxylic acids is 2. The van der Waals surface area contributed by atoms with E-state index in [1.54, 1.807) is 54.8 Å². The Morgan fingerprint density at radius 2 is 2.06 bits per heavy atom. The standard InChI is InChI=1S/C22H19N3O5S2/c1-2-29-21(28)19-17(9-11-31-19)23-18(26)13-32-22-24-16-8-4-3-7-15(16)20(27)25(22)12-14-6-5-10-30-14/h3-11H,2,12-13H2,1H3,(H,23,26). The lowest BCUT2D eigenvalue weighted by Crippen LogP contribution is -2.24. The number of hydrogen-bond acceptors (Lipinski definition) is 8. The monoisotopic (exact) mass is 469 g/mol. The number of para-hydroxylation sites is 1. The number of thioether (sulfide) groups is 1. The summed E-state index contributed by atoms with van der Waals surface area (Å²) in [6.45, 7) is 2.17. The van der Waals surface area contributed by atoms with Crippen molar-refractivity contribution >= 4 is 51.6 Å². The number of amides is 1. The molecule has 10 heteroatoms. The molecule has 1 amide bonds. The van der Waals surface area contributed by atoms with Gasteiger partial charge in [0.1, 0.15) is 10.6 Å². The van der Waals surface area contributed by atoms with Gasteiger partial charge in [-0.2, -0.15) is 0 Å². The molecule has 0 aliphatic rings. The number of fused-ring (bicyclic) bond motifs is 1. The number of ether oxygens (including phenoxy) is 1. The van der Waals surface area contributed by atoms with Crippen molar-refractivity contribution in [2.24, 2.45) is 0 Å². The molecule has 0 unspecified atom stereocenters. The second kappa shape index (κ2) is 9.84. The molecule has 4 aromatic rings. The predicted molar refractivity (Wildman–Crippen MR) is 123 cm³/mol. The first-order valence-corrected chi connectivity index (χ1v) is 11.6. The van der Waals surface area contributed by atoms with Crippen LogP contribution in [-0.4, -0.2) is 33.8 Å². The molecule has 0 radical (unpaired) electrons. The third kappa shape index (κ3) is 4.76. The summed E-state index contributed by atoms with van der Waals surface area (Å²) in [4.78, 5) is 42.6. The van der Waals surface area contributed by atoms with E-state index in [1.807, 2.05) is 0 Å². The second-order valence-electron chi connectivity index (χ2n) is 6.60. The Kier molecular flexibility index (Phi) is 6.72. The van der Waals surface area contributed by atoms with Crippen molar-refractivity contribution in [2.75, 3.05) is 17.7 Å². The highest BCUT2D eigenvalue weighted by Gasteiger charge is 2.18. The zero-order valence-electron chi connectivity index (χ0n) is 17.1. The number of thiophene rings is 1. The molecule has 1 aromatic carbocycles. The van der Waals surface area contributed by atoms with Gasteiger partial charge in [0.25, 0.3) is 5.56 Å². The average molecular weight is 470 g/mol. The lowest BCUT2D eigenvalue weighted by Gasteiger charge is -2.12. The number of hydrogen-bond donors (Lipinski definition) is 1. The molecule has 3 aromatic heterocycles. The number of esters is 1. The predicted octanol–water partition coefficient (Wildman–Crippen LogP) is 4.01. The first-order chi connectivity index (χ1) is 15.6. The molecule has 0 saturated heterocycles. The number of rotatable bonds is 8. The molecule has 1 N–H and O–H groups in total. The molecule has 0 bridgehead atoms. The SMILES string of the molecule is CCOC(=O)c1sccc1NC(=O)CSc1nc2ccccc2c(=O)n1Cc1ccco1. The first kappa shape index (κ1) is 21.8. The van der Waals surface area contributed by atoms with Crippen molar-refractivity contribution in [1.29, 1.82) is 0 Å². The van der Waals surface area contributed by atoms with Gasteiger partial charge >= 0.3 is 5.97 Å². The van der Waals surface area contributed by atoms with Crippen molar-refractivity contribution in [3.8, 4) is 0 Å². The van der Waals surface area contributed by atoms with Gasteiger partial charge in [-0.3, -0.25) is 14.2 Å². The molecule has 0 fully saturated rings. The Hall–Kier alpha value is -3.37. The summed E-state index contributed by atoms with van der Waals surface area (Å²) in [5.41, 5.74) is 0.745. The Bertz CT molecular complexity index is 1310. The lowest BCUT2D eigenvalue weighted by atomic mass is 10.2. The third-order valence-corrected chi connectivity index (χ3v) is 6.32. The van der Waals surface area contributed by atoms with Crippen LogP contribution in [0.2, 0.25) is 0 Å². The van der Waals surface area contributed by atoms with Gasteiger partial charge in [0, 0.05) is 0 Å². The minimum absolute atomic E-state index is 0.00104. The highest BCUT2D eigenvalue weighted by molar-refractivity contribution is 7.99. The number of nitrogens with one attached hydrogen (secondary N) is 1.